The Bertz CT molecular complexity index is 685. The zero-order valence-electron chi connectivity index (χ0n) is 13.4. The highest BCUT2D eigenvalue weighted by Gasteiger charge is 2.26. The highest BCUT2D eigenvalue weighted by atomic mass is 19.1. The van der Waals surface area contributed by atoms with Gasteiger partial charge in [0.25, 0.3) is 5.91 Å². The second-order valence-electron chi connectivity index (χ2n) is 5.59. The number of rotatable bonds is 6. The molecular weight excluding hydrogens is 297 g/mol. The van der Waals surface area contributed by atoms with E-state index in [-0.39, 0.29) is 18.3 Å². The van der Waals surface area contributed by atoms with Crippen molar-refractivity contribution in [2.45, 2.75) is 19.4 Å². The molecule has 2 rings (SSSR count). The zero-order valence-corrected chi connectivity index (χ0v) is 13.4. The molecule has 0 aliphatic rings. The number of hydrogen-bond donors (Lipinski definition) is 1. The van der Waals surface area contributed by atoms with Gasteiger partial charge in [-0.25, -0.2) is 4.39 Å². The number of ether oxygens (including phenoxy) is 2. The van der Waals surface area contributed by atoms with Gasteiger partial charge in [0.1, 0.15) is 5.82 Å². The van der Waals surface area contributed by atoms with Gasteiger partial charge in [0.2, 0.25) is 0 Å². The van der Waals surface area contributed by atoms with Gasteiger partial charge in [-0.15, -0.1) is 0 Å². The Hall–Kier alpha value is -2.56. The molecule has 0 aliphatic heterocycles. The number of amides is 1. The van der Waals surface area contributed by atoms with Crippen LogP contribution in [0.3, 0.4) is 0 Å². The fourth-order valence-corrected chi connectivity index (χ4v) is 2.30. The Balaban J connectivity index is 2.00. The Kier molecular flexibility index (Phi) is 5.21. The Morgan fingerprint density at radius 3 is 2.35 bits per heavy atom. The number of carbonyl (C=O) groups is 1. The maximum atomic E-state index is 13.9. The van der Waals surface area contributed by atoms with Crippen molar-refractivity contribution in [3.05, 3.63) is 59.9 Å². The average molecular weight is 317 g/mol. The quantitative estimate of drug-likeness (QED) is 0.889. The number of methoxy groups -OCH3 is 1. The van der Waals surface area contributed by atoms with E-state index in [9.17, 15) is 9.18 Å². The van der Waals surface area contributed by atoms with Crippen LogP contribution in [0.4, 0.5) is 4.39 Å². The molecule has 1 N–H and O–H groups in total. The molecule has 0 atom stereocenters. The van der Waals surface area contributed by atoms with Gasteiger partial charge >= 0.3 is 0 Å². The second-order valence-corrected chi connectivity index (χ2v) is 5.59. The molecular formula is C18H20FNO3. The summed E-state index contributed by atoms with van der Waals surface area (Å²) in [7, 11) is 1.53. The normalized spacial score (nSPS) is 11.0. The van der Waals surface area contributed by atoms with Gasteiger partial charge in [0.05, 0.1) is 12.6 Å². The van der Waals surface area contributed by atoms with Crippen LogP contribution in [0.25, 0.3) is 0 Å². The second kappa shape index (κ2) is 7.13. The number of benzene rings is 2. The summed E-state index contributed by atoms with van der Waals surface area (Å²) in [5, 5.41) is 2.78. The fourth-order valence-electron chi connectivity index (χ4n) is 2.30. The smallest absolute Gasteiger partial charge is 0.258 e. The summed E-state index contributed by atoms with van der Waals surface area (Å²) in [6, 6.07) is 13.4. The zero-order chi connectivity index (χ0) is 16.9. The molecule has 0 spiro atoms. The molecule has 0 unspecified atom stereocenters. The molecule has 0 radical (unpaired) electrons. The lowest BCUT2D eigenvalue weighted by molar-refractivity contribution is -0.124. The predicted molar refractivity (Wildman–Crippen MR) is 86.1 cm³/mol. The van der Waals surface area contributed by atoms with E-state index in [1.165, 1.54) is 13.2 Å². The van der Waals surface area contributed by atoms with Crippen LogP contribution in [0.2, 0.25) is 0 Å². The molecule has 0 fully saturated rings. The summed E-state index contributed by atoms with van der Waals surface area (Å²) in [6.07, 6.45) is 0. The van der Waals surface area contributed by atoms with Crippen LogP contribution >= 0.6 is 0 Å². The Labute approximate surface area is 135 Å². The van der Waals surface area contributed by atoms with Gasteiger partial charge in [-0.1, -0.05) is 30.3 Å². The van der Waals surface area contributed by atoms with Crippen molar-refractivity contribution in [1.29, 1.82) is 0 Å². The van der Waals surface area contributed by atoms with Crippen molar-refractivity contribution >= 4 is 5.91 Å². The van der Waals surface area contributed by atoms with Gasteiger partial charge in [-0.05, 0) is 32.0 Å². The number of hydrogen-bond acceptors (Lipinski definition) is 3. The predicted octanol–water partition coefficient (Wildman–Crippen LogP) is 3.26. The van der Waals surface area contributed by atoms with Crippen molar-refractivity contribution < 1.29 is 18.7 Å². The van der Waals surface area contributed by atoms with E-state index in [1.807, 2.05) is 6.07 Å². The van der Waals surface area contributed by atoms with Gasteiger partial charge in [0, 0.05) is 5.56 Å². The summed E-state index contributed by atoms with van der Waals surface area (Å²) in [5.74, 6) is 0.329. The summed E-state index contributed by atoms with van der Waals surface area (Å²) >= 11 is 0. The maximum absolute atomic E-state index is 13.9. The summed E-state index contributed by atoms with van der Waals surface area (Å²) < 4.78 is 24.5. The van der Waals surface area contributed by atoms with Crippen LogP contribution in [0, 0.1) is 5.82 Å². The van der Waals surface area contributed by atoms with E-state index < -0.39 is 5.54 Å². The van der Waals surface area contributed by atoms with E-state index in [0.717, 1.165) is 0 Å². The van der Waals surface area contributed by atoms with Crippen molar-refractivity contribution in [2.75, 3.05) is 13.7 Å². The lowest BCUT2D eigenvalue weighted by Crippen LogP contribution is -2.43. The van der Waals surface area contributed by atoms with Gasteiger partial charge in [-0.3, -0.25) is 4.79 Å². The molecule has 4 nitrogen and oxygen atoms in total. The molecule has 0 saturated heterocycles. The molecule has 5 heteroatoms. The number of carbonyl (C=O) groups excluding carboxylic acids is 1. The van der Waals surface area contributed by atoms with Crippen LogP contribution in [0.15, 0.2) is 48.5 Å². The number of para-hydroxylation sites is 2. The lowest BCUT2D eigenvalue weighted by atomic mass is 9.94. The van der Waals surface area contributed by atoms with Crippen LogP contribution in [-0.2, 0) is 10.3 Å². The minimum atomic E-state index is -0.841. The van der Waals surface area contributed by atoms with Crippen LogP contribution in [-0.4, -0.2) is 19.6 Å². The van der Waals surface area contributed by atoms with E-state index >= 15 is 0 Å². The highest BCUT2D eigenvalue weighted by Crippen LogP contribution is 2.26. The van der Waals surface area contributed by atoms with E-state index in [1.54, 1.807) is 50.2 Å². The molecule has 0 heterocycles. The largest absolute Gasteiger partial charge is 0.493 e. The van der Waals surface area contributed by atoms with Crippen molar-refractivity contribution in [3.8, 4) is 11.5 Å². The third-order valence-electron chi connectivity index (χ3n) is 3.43. The Morgan fingerprint density at radius 2 is 1.70 bits per heavy atom. The van der Waals surface area contributed by atoms with Crippen molar-refractivity contribution in [3.63, 3.8) is 0 Å². The molecule has 0 bridgehead atoms. The van der Waals surface area contributed by atoms with Crippen LogP contribution in [0.1, 0.15) is 19.4 Å². The summed E-state index contributed by atoms with van der Waals surface area (Å²) in [4.78, 5) is 12.1. The summed E-state index contributed by atoms with van der Waals surface area (Å²) in [5.41, 5.74) is -0.419. The van der Waals surface area contributed by atoms with E-state index in [2.05, 4.69) is 5.32 Å². The molecule has 0 saturated carbocycles. The monoisotopic (exact) mass is 317 g/mol. The molecule has 23 heavy (non-hydrogen) atoms. The minimum Gasteiger partial charge on any atom is -0.493 e. The first-order valence-corrected chi connectivity index (χ1v) is 7.26. The molecule has 0 aromatic heterocycles. The van der Waals surface area contributed by atoms with Gasteiger partial charge in [0.15, 0.2) is 18.1 Å². The maximum Gasteiger partial charge on any atom is 0.258 e. The molecule has 2 aromatic rings. The fraction of sp³-hybridized carbons (Fsp3) is 0.278. The number of nitrogens with one attached hydrogen (secondary N) is 1. The summed E-state index contributed by atoms with van der Waals surface area (Å²) in [6.45, 7) is 3.30. The average Bonchev–Trinajstić information content (AvgIpc) is 2.53. The van der Waals surface area contributed by atoms with Gasteiger partial charge in [-0.2, -0.15) is 0 Å². The molecule has 122 valence electrons. The lowest BCUT2D eigenvalue weighted by Gasteiger charge is -2.27. The first kappa shape index (κ1) is 16.8. The molecule has 2 aromatic carbocycles. The highest BCUT2D eigenvalue weighted by molar-refractivity contribution is 5.78. The molecule has 0 aliphatic carbocycles. The first-order valence-electron chi connectivity index (χ1n) is 7.26. The third kappa shape index (κ3) is 4.22. The Morgan fingerprint density at radius 1 is 1.09 bits per heavy atom. The standard InChI is InChI=1S/C18H20FNO3/c1-18(2,13-8-4-5-9-14(13)19)20-17(21)12-23-16-11-7-6-10-15(16)22-3/h4-11H,12H2,1-3H3,(H,20,21). The third-order valence-corrected chi connectivity index (χ3v) is 3.43. The minimum absolute atomic E-state index is 0.182. The van der Waals surface area contributed by atoms with Crippen LogP contribution < -0.4 is 14.8 Å². The van der Waals surface area contributed by atoms with E-state index in [0.29, 0.717) is 17.1 Å². The topological polar surface area (TPSA) is 47.6 Å². The SMILES string of the molecule is COc1ccccc1OCC(=O)NC(C)(C)c1ccccc1F. The van der Waals surface area contributed by atoms with Crippen molar-refractivity contribution in [2.24, 2.45) is 0 Å². The first-order chi connectivity index (χ1) is 10.9. The van der Waals surface area contributed by atoms with E-state index in [4.69, 9.17) is 9.47 Å². The van der Waals surface area contributed by atoms with Crippen LogP contribution in [0.5, 0.6) is 11.5 Å². The number of halogens is 1. The molecule has 1 amide bonds. The van der Waals surface area contributed by atoms with Gasteiger partial charge < -0.3 is 14.8 Å². The van der Waals surface area contributed by atoms with Crippen molar-refractivity contribution in [1.82, 2.24) is 5.32 Å².